The molecule has 3 N–H and O–H groups in total. The van der Waals surface area contributed by atoms with E-state index in [1.807, 2.05) is 23.1 Å². The fraction of sp³-hybridized carbons (Fsp3) is 0.367. The molecule has 44 heavy (non-hydrogen) atoms. The first kappa shape index (κ1) is 29.8. The number of piperidine rings is 1. The van der Waals surface area contributed by atoms with Crippen LogP contribution in [0, 0.1) is 5.41 Å². The topological polar surface area (TPSA) is 128 Å². The molecule has 2 atom stereocenters. The van der Waals surface area contributed by atoms with Gasteiger partial charge in [0.25, 0.3) is 5.91 Å². The van der Waals surface area contributed by atoms with Gasteiger partial charge < -0.3 is 20.7 Å². The lowest BCUT2D eigenvalue weighted by Crippen LogP contribution is -2.57. The first-order chi connectivity index (χ1) is 20.9. The number of carbonyl (C=O) groups is 2. The normalized spacial score (nSPS) is 19.9. The molecule has 230 valence electrons. The van der Waals surface area contributed by atoms with Gasteiger partial charge >= 0.3 is 6.18 Å². The third-order valence-corrected chi connectivity index (χ3v) is 8.62. The maximum atomic E-state index is 13.4. The number of imidazole rings is 1. The lowest BCUT2D eigenvalue weighted by molar-refractivity contribution is -0.172. The van der Waals surface area contributed by atoms with Crippen molar-refractivity contribution in [1.29, 1.82) is 0 Å². The van der Waals surface area contributed by atoms with Crippen molar-refractivity contribution in [3.8, 4) is 11.3 Å². The Bertz CT molecular complexity index is 1770. The number of aromatic nitrogens is 4. The summed E-state index contributed by atoms with van der Waals surface area (Å²) in [6.07, 6.45) is 1.37. The van der Waals surface area contributed by atoms with E-state index in [9.17, 15) is 22.8 Å². The Hall–Kier alpha value is -4.23. The standard InChI is InChI=1S/C30H29ClF3N7O3/c1-16-5-6-18(13-41(16)28(43)29(2)14-44-15-29)26-38-22(23-24(35)36-10-11-40(23)26)17-7-8-19(21(31)12-17)27(42)39-25-20(30(32,33)34)4-3-9-37-25/h3-4,7-12,16,18H,5-6,13-15H2,1-2H3,(H2,35,36)(H,37,39,42)/t16-,18+/m0/s1. The summed E-state index contributed by atoms with van der Waals surface area (Å²) in [6, 6.07) is 6.55. The number of carbonyl (C=O) groups excluding carboxylic acids is 2. The van der Waals surface area contributed by atoms with E-state index in [-0.39, 0.29) is 34.3 Å². The number of likely N-dealkylation sites (tertiary alicyclic amines) is 1. The maximum absolute atomic E-state index is 13.4. The number of halogens is 4. The van der Waals surface area contributed by atoms with Crippen molar-refractivity contribution in [2.45, 2.75) is 44.8 Å². The number of nitrogens with two attached hydrogens (primary N) is 1. The summed E-state index contributed by atoms with van der Waals surface area (Å²) in [5.41, 5.74) is 6.21. The van der Waals surface area contributed by atoms with Gasteiger partial charge in [0.15, 0.2) is 0 Å². The molecule has 2 amide bonds. The fourth-order valence-electron chi connectivity index (χ4n) is 5.81. The van der Waals surface area contributed by atoms with Gasteiger partial charge in [-0.2, -0.15) is 13.2 Å². The summed E-state index contributed by atoms with van der Waals surface area (Å²) in [7, 11) is 0. The van der Waals surface area contributed by atoms with Gasteiger partial charge in [-0.25, -0.2) is 15.0 Å². The minimum absolute atomic E-state index is 0.00567. The van der Waals surface area contributed by atoms with Gasteiger partial charge in [-0.15, -0.1) is 0 Å². The van der Waals surface area contributed by atoms with Crippen LogP contribution in [0.25, 0.3) is 16.8 Å². The van der Waals surface area contributed by atoms with Gasteiger partial charge in [0, 0.05) is 42.7 Å². The number of amides is 2. The van der Waals surface area contributed by atoms with Crippen molar-refractivity contribution in [2.75, 3.05) is 30.8 Å². The van der Waals surface area contributed by atoms with E-state index < -0.39 is 28.9 Å². The van der Waals surface area contributed by atoms with Gasteiger partial charge in [0.1, 0.15) is 28.7 Å². The van der Waals surface area contributed by atoms with Gasteiger partial charge in [0.2, 0.25) is 5.91 Å². The molecule has 2 fully saturated rings. The van der Waals surface area contributed by atoms with Crippen molar-refractivity contribution in [3.63, 3.8) is 0 Å². The highest BCUT2D eigenvalue weighted by Gasteiger charge is 2.46. The number of benzene rings is 1. The molecular weight excluding hydrogens is 599 g/mol. The van der Waals surface area contributed by atoms with Crippen molar-refractivity contribution in [3.05, 3.63) is 70.9 Å². The molecule has 3 aromatic heterocycles. The smallest absolute Gasteiger partial charge is 0.382 e. The van der Waals surface area contributed by atoms with E-state index in [1.54, 1.807) is 18.5 Å². The van der Waals surface area contributed by atoms with E-state index in [0.29, 0.717) is 42.4 Å². The summed E-state index contributed by atoms with van der Waals surface area (Å²) < 4.78 is 47.4. The Morgan fingerprint density at radius 2 is 1.93 bits per heavy atom. The Labute approximate surface area is 255 Å². The van der Waals surface area contributed by atoms with Crippen LogP contribution in [0.4, 0.5) is 24.8 Å². The van der Waals surface area contributed by atoms with Crippen molar-refractivity contribution in [1.82, 2.24) is 24.3 Å². The average Bonchev–Trinajstić information content (AvgIpc) is 3.36. The number of hydrogen-bond acceptors (Lipinski definition) is 7. The molecule has 0 unspecified atom stereocenters. The number of hydrogen-bond donors (Lipinski definition) is 2. The summed E-state index contributed by atoms with van der Waals surface area (Å²) in [5.74, 6) is -0.570. The van der Waals surface area contributed by atoms with Crippen LogP contribution in [0.2, 0.25) is 5.02 Å². The molecule has 0 spiro atoms. The predicted octanol–water partition coefficient (Wildman–Crippen LogP) is 5.43. The van der Waals surface area contributed by atoms with Crippen LogP contribution in [-0.4, -0.2) is 61.9 Å². The van der Waals surface area contributed by atoms with Crippen molar-refractivity contribution < 1.29 is 27.5 Å². The third-order valence-electron chi connectivity index (χ3n) is 8.31. The van der Waals surface area contributed by atoms with E-state index >= 15 is 0 Å². The van der Waals surface area contributed by atoms with Crippen LogP contribution in [0.15, 0.2) is 48.9 Å². The summed E-state index contributed by atoms with van der Waals surface area (Å²) in [5, 5.41) is 2.21. The number of ether oxygens (including phenoxy) is 1. The van der Waals surface area contributed by atoms with Crippen molar-refractivity contribution in [2.24, 2.45) is 5.41 Å². The Balaban J connectivity index is 1.32. The van der Waals surface area contributed by atoms with Crippen LogP contribution in [0.1, 0.15) is 54.4 Å². The molecule has 14 heteroatoms. The first-order valence-corrected chi connectivity index (χ1v) is 14.4. The highest BCUT2D eigenvalue weighted by Crippen LogP contribution is 2.39. The summed E-state index contributed by atoms with van der Waals surface area (Å²) in [6.45, 7) is 5.25. The second-order valence-corrected chi connectivity index (χ2v) is 11.9. The molecule has 2 saturated heterocycles. The zero-order valence-corrected chi connectivity index (χ0v) is 24.6. The number of anilines is 2. The molecule has 2 aliphatic rings. The Kier molecular flexibility index (Phi) is 7.49. The van der Waals surface area contributed by atoms with Crippen molar-refractivity contribution >= 4 is 40.6 Å². The minimum Gasteiger partial charge on any atom is -0.382 e. The Morgan fingerprint density at radius 3 is 2.61 bits per heavy atom. The molecule has 0 saturated carbocycles. The molecule has 5 heterocycles. The molecule has 10 nitrogen and oxygen atoms in total. The summed E-state index contributed by atoms with van der Waals surface area (Å²) >= 11 is 6.51. The summed E-state index contributed by atoms with van der Waals surface area (Å²) in [4.78, 5) is 41.2. The number of nitrogen functional groups attached to an aromatic ring is 1. The largest absolute Gasteiger partial charge is 0.419 e. The highest BCUT2D eigenvalue weighted by molar-refractivity contribution is 6.34. The Morgan fingerprint density at radius 1 is 1.16 bits per heavy atom. The second kappa shape index (κ2) is 11.0. The van der Waals surface area contributed by atoms with Gasteiger partial charge in [0.05, 0.1) is 34.8 Å². The number of rotatable bonds is 5. The predicted molar refractivity (Wildman–Crippen MR) is 157 cm³/mol. The lowest BCUT2D eigenvalue weighted by atomic mass is 9.84. The molecule has 0 radical (unpaired) electrons. The second-order valence-electron chi connectivity index (χ2n) is 11.5. The average molecular weight is 628 g/mol. The van der Waals surface area contributed by atoms with E-state index in [4.69, 9.17) is 27.1 Å². The van der Waals surface area contributed by atoms with Crippen LogP contribution < -0.4 is 11.1 Å². The van der Waals surface area contributed by atoms with E-state index in [0.717, 1.165) is 31.2 Å². The quantitative estimate of drug-likeness (QED) is 0.302. The van der Waals surface area contributed by atoms with Crippen LogP contribution in [-0.2, 0) is 15.7 Å². The molecule has 4 aromatic rings. The van der Waals surface area contributed by atoms with Gasteiger partial charge in [-0.1, -0.05) is 17.7 Å². The molecule has 1 aromatic carbocycles. The number of nitrogens with one attached hydrogen (secondary N) is 1. The number of pyridine rings is 1. The first-order valence-electron chi connectivity index (χ1n) is 14.0. The zero-order chi connectivity index (χ0) is 31.4. The fourth-order valence-corrected chi connectivity index (χ4v) is 6.08. The maximum Gasteiger partial charge on any atom is 0.419 e. The monoisotopic (exact) mass is 627 g/mol. The zero-order valence-electron chi connectivity index (χ0n) is 23.9. The molecule has 2 aliphatic heterocycles. The molecule has 6 rings (SSSR count). The minimum atomic E-state index is -4.71. The third kappa shape index (κ3) is 5.23. The molecule has 0 aliphatic carbocycles. The van der Waals surface area contributed by atoms with Gasteiger partial charge in [-0.3, -0.25) is 14.0 Å². The number of alkyl halides is 3. The molecular formula is C30H29ClF3N7O3. The number of nitrogens with zero attached hydrogens (tertiary/aromatic N) is 5. The van der Waals surface area contributed by atoms with Gasteiger partial charge in [-0.05, 0) is 51.0 Å². The van der Waals surface area contributed by atoms with E-state index in [1.165, 1.54) is 12.1 Å². The SMILES string of the molecule is C[C@H]1CC[C@@H](c2nc(-c3ccc(C(=O)Nc4ncccc4C(F)(F)F)c(Cl)c3)c3c(N)nccn23)CN1C(=O)C1(C)COC1. The number of fused-ring (bicyclic) bond motifs is 1. The van der Waals surface area contributed by atoms with Crippen LogP contribution >= 0.6 is 11.6 Å². The van der Waals surface area contributed by atoms with Crippen LogP contribution in [0.3, 0.4) is 0 Å². The van der Waals surface area contributed by atoms with E-state index in [2.05, 4.69) is 15.3 Å². The van der Waals surface area contributed by atoms with Crippen LogP contribution in [0.5, 0.6) is 0 Å². The highest BCUT2D eigenvalue weighted by atomic mass is 35.5. The lowest BCUT2D eigenvalue weighted by Gasteiger charge is -2.45. The molecule has 0 bridgehead atoms.